The van der Waals surface area contributed by atoms with E-state index in [4.69, 9.17) is 0 Å². The second kappa shape index (κ2) is 5.79. The summed E-state index contributed by atoms with van der Waals surface area (Å²) in [5.74, 6) is -1.95. The zero-order valence-electron chi connectivity index (χ0n) is 13.7. The standard InChI is InChI=1S/C17H17F3N2O3/c1-9-12(16(24)25)5-6-22(9)15(23)14-8-10-7-11(17(18,19)20)3-4-13(10)21(14)2/h3-4,7-9,12H,5-6H2,1-2H3,(H,24,25). The maximum atomic E-state index is 12.9. The van der Waals surface area contributed by atoms with Crippen molar-refractivity contribution in [3.8, 4) is 0 Å². The number of hydrogen-bond donors (Lipinski definition) is 1. The molecule has 0 bridgehead atoms. The lowest BCUT2D eigenvalue weighted by molar-refractivity contribution is -0.142. The first-order valence-electron chi connectivity index (χ1n) is 7.81. The highest BCUT2D eigenvalue weighted by Crippen LogP contribution is 2.33. The minimum atomic E-state index is -4.45. The van der Waals surface area contributed by atoms with Gasteiger partial charge in [-0.3, -0.25) is 9.59 Å². The molecule has 0 aliphatic carbocycles. The van der Waals surface area contributed by atoms with E-state index in [1.165, 1.54) is 17.0 Å². The SMILES string of the molecule is CC1C(C(=O)O)CCN1C(=O)c1cc2cc(C(F)(F)F)ccc2n1C. The van der Waals surface area contributed by atoms with E-state index in [1.54, 1.807) is 18.5 Å². The Bertz CT molecular complexity index is 857. The maximum absolute atomic E-state index is 12.9. The third kappa shape index (κ3) is 2.85. The van der Waals surface area contributed by atoms with Gasteiger partial charge < -0.3 is 14.6 Å². The van der Waals surface area contributed by atoms with E-state index in [0.717, 1.165) is 12.1 Å². The lowest BCUT2D eigenvalue weighted by Gasteiger charge is -2.23. The Kier molecular flexibility index (Phi) is 4.01. The van der Waals surface area contributed by atoms with E-state index >= 15 is 0 Å². The number of hydrogen-bond acceptors (Lipinski definition) is 2. The van der Waals surface area contributed by atoms with Crippen LogP contribution in [0.2, 0.25) is 0 Å². The van der Waals surface area contributed by atoms with Gasteiger partial charge in [-0.05, 0) is 37.6 Å². The number of benzene rings is 1. The van der Waals surface area contributed by atoms with Crippen molar-refractivity contribution < 1.29 is 27.9 Å². The Morgan fingerprint density at radius 2 is 1.92 bits per heavy atom. The molecule has 1 aromatic heterocycles. The molecule has 1 aliphatic rings. The first-order valence-corrected chi connectivity index (χ1v) is 7.81. The molecule has 134 valence electrons. The van der Waals surface area contributed by atoms with Crippen LogP contribution >= 0.6 is 0 Å². The highest BCUT2D eigenvalue weighted by atomic mass is 19.4. The van der Waals surface area contributed by atoms with Gasteiger partial charge in [0.05, 0.1) is 11.5 Å². The van der Waals surface area contributed by atoms with Crippen molar-refractivity contribution in [3.63, 3.8) is 0 Å². The first-order chi connectivity index (χ1) is 11.6. The Balaban J connectivity index is 1.97. The van der Waals surface area contributed by atoms with Gasteiger partial charge in [-0.2, -0.15) is 13.2 Å². The van der Waals surface area contributed by atoms with Crippen LogP contribution in [0, 0.1) is 5.92 Å². The van der Waals surface area contributed by atoms with Crippen LogP contribution in [0.1, 0.15) is 29.4 Å². The van der Waals surface area contributed by atoms with Crippen LogP contribution in [0.4, 0.5) is 13.2 Å². The highest BCUT2D eigenvalue weighted by Gasteiger charge is 2.39. The summed E-state index contributed by atoms with van der Waals surface area (Å²) in [7, 11) is 1.61. The van der Waals surface area contributed by atoms with Crippen LogP contribution in [0.5, 0.6) is 0 Å². The topological polar surface area (TPSA) is 62.5 Å². The van der Waals surface area contributed by atoms with Crippen molar-refractivity contribution in [2.75, 3.05) is 6.54 Å². The molecule has 2 heterocycles. The number of carboxylic acid groups (broad SMARTS) is 1. The van der Waals surface area contributed by atoms with Gasteiger partial charge in [-0.15, -0.1) is 0 Å². The van der Waals surface area contributed by atoms with Crippen molar-refractivity contribution in [3.05, 3.63) is 35.5 Å². The van der Waals surface area contributed by atoms with E-state index in [-0.39, 0.29) is 11.6 Å². The van der Waals surface area contributed by atoms with E-state index in [0.29, 0.717) is 23.9 Å². The van der Waals surface area contributed by atoms with Gasteiger partial charge in [0, 0.05) is 30.5 Å². The number of amides is 1. The predicted molar refractivity (Wildman–Crippen MR) is 84.2 cm³/mol. The van der Waals surface area contributed by atoms with E-state index in [2.05, 4.69) is 0 Å². The number of fused-ring (bicyclic) bond motifs is 1. The molecule has 1 fully saturated rings. The number of alkyl halides is 3. The van der Waals surface area contributed by atoms with Crippen LogP contribution < -0.4 is 0 Å². The number of aliphatic carboxylic acids is 1. The molecule has 2 aromatic rings. The van der Waals surface area contributed by atoms with Gasteiger partial charge in [0.15, 0.2) is 0 Å². The third-order valence-corrected chi connectivity index (χ3v) is 4.92. The molecule has 1 N–H and O–H groups in total. The van der Waals surface area contributed by atoms with Crippen molar-refractivity contribution >= 4 is 22.8 Å². The van der Waals surface area contributed by atoms with Crippen LogP contribution in [-0.2, 0) is 18.0 Å². The van der Waals surface area contributed by atoms with Crippen molar-refractivity contribution in [2.24, 2.45) is 13.0 Å². The molecule has 1 aliphatic heterocycles. The molecule has 1 amide bonds. The molecule has 0 saturated carbocycles. The number of carbonyl (C=O) groups excluding carboxylic acids is 1. The molecule has 5 nitrogen and oxygen atoms in total. The fraction of sp³-hybridized carbons (Fsp3) is 0.412. The van der Waals surface area contributed by atoms with Crippen LogP contribution in [0.3, 0.4) is 0 Å². The van der Waals surface area contributed by atoms with E-state index in [1.807, 2.05) is 0 Å². The van der Waals surface area contributed by atoms with Crippen molar-refractivity contribution in [2.45, 2.75) is 25.6 Å². The number of aromatic nitrogens is 1. The third-order valence-electron chi connectivity index (χ3n) is 4.92. The van der Waals surface area contributed by atoms with Crippen LogP contribution in [0.15, 0.2) is 24.3 Å². The molecule has 25 heavy (non-hydrogen) atoms. The highest BCUT2D eigenvalue weighted by molar-refractivity contribution is 5.99. The fourth-order valence-corrected chi connectivity index (χ4v) is 3.43. The number of aryl methyl sites for hydroxylation is 1. The fourth-order valence-electron chi connectivity index (χ4n) is 3.43. The molecule has 1 saturated heterocycles. The lowest BCUT2D eigenvalue weighted by atomic mass is 10.0. The second-order valence-corrected chi connectivity index (χ2v) is 6.33. The molecular weight excluding hydrogens is 337 g/mol. The monoisotopic (exact) mass is 354 g/mol. The molecule has 8 heteroatoms. The molecule has 2 unspecified atom stereocenters. The second-order valence-electron chi connectivity index (χ2n) is 6.33. The van der Waals surface area contributed by atoms with Gasteiger partial charge in [-0.25, -0.2) is 0 Å². The zero-order chi connectivity index (χ0) is 18.5. The minimum Gasteiger partial charge on any atom is -0.481 e. The number of nitrogens with zero attached hydrogens (tertiary/aromatic N) is 2. The molecule has 2 atom stereocenters. The Hall–Kier alpha value is -2.51. The van der Waals surface area contributed by atoms with E-state index in [9.17, 15) is 27.9 Å². The quantitative estimate of drug-likeness (QED) is 0.901. The first kappa shape index (κ1) is 17.3. The van der Waals surface area contributed by atoms with E-state index < -0.39 is 29.7 Å². The summed E-state index contributed by atoms with van der Waals surface area (Å²) in [6, 6.07) is 4.29. The largest absolute Gasteiger partial charge is 0.481 e. The Morgan fingerprint density at radius 1 is 1.24 bits per heavy atom. The average molecular weight is 354 g/mol. The predicted octanol–water partition coefficient (Wildman–Crippen LogP) is 3.13. The smallest absolute Gasteiger partial charge is 0.416 e. The average Bonchev–Trinajstić information content (AvgIpc) is 3.06. The maximum Gasteiger partial charge on any atom is 0.416 e. The normalized spacial score (nSPS) is 21.1. The molecule has 1 aromatic carbocycles. The summed E-state index contributed by atoms with van der Waals surface area (Å²) in [6.45, 7) is 1.99. The van der Waals surface area contributed by atoms with Crippen LogP contribution in [-0.4, -0.2) is 39.0 Å². The number of likely N-dealkylation sites (tertiary alicyclic amines) is 1. The summed E-state index contributed by atoms with van der Waals surface area (Å²) >= 11 is 0. The number of halogens is 3. The Labute approximate surface area is 141 Å². The van der Waals surface area contributed by atoms with Gasteiger partial charge >= 0.3 is 12.1 Å². The molecular formula is C17H17F3N2O3. The number of carbonyl (C=O) groups is 2. The van der Waals surface area contributed by atoms with Gasteiger partial charge in [-0.1, -0.05) is 0 Å². The lowest BCUT2D eigenvalue weighted by Crippen LogP contribution is -2.38. The van der Waals surface area contributed by atoms with Crippen molar-refractivity contribution in [1.82, 2.24) is 9.47 Å². The summed E-state index contributed by atoms with van der Waals surface area (Å²) < 4.78 is 40.1. The van der Waals surface area contributed by atoms with Gasteiger partial charge in [0.1, 0.15) is 5.69 Å². The number of carboxylic acids is 1. The van der Waals surface area contributed by atoms with Crippen molar-refractivity contribution in [1.29, 1.82) is 0 Å². The Morgan fingerprint density at radius 3 is 2.48 bits per heavy atom. The summed E-state index contributed by atoms with van der Waals surface area (Å²) in [4.78, 5) is 25.5. The minimum absolute atomic E-state index is 0.243. The molecule has 0 radical (unpaired) electrons. The summed E-state index contributed by atoms with van der Waals surface area (Å²) in [6.07, 6.45) is -4.09. The van der Waals surface area contributed by atoms with Gasteiger partial charge in [0.2, 0.25) is 0 Å². The summed E-state index contributed by atoms with van der Waals surface area (Å²) in [5, 5.41) is 9.50. The van der Waals surface area contributed by atoms with Gasteiger partial charge in [0.25, 0.3) is 5.91 Å². The molecule has 3 rings (SSSR count). The zero-order valence-corrected chi connectivity index (χ0v) is 13.7. The number of rotatable bonds is 2. The molecule has 0 spiro atoms. The van der Waals surface area contributed by atoms with Crippen LogP contribution in [0.25, 0.3) is 10.9 Å². The summed E-state index contributed by atoms with van der Waals surface area (Å²) in [5.41, 5.74) is -0.0183.